The van der Waals surface area contributed by atoms with Crippen LogP contribution in [0.2, 0.25) is 5.28 Å². The van der Waals surface area contributed by atoms with Gasteiger partial charge < -0.3 is 4.57 Å². The molecule has 5 rings (SSSR count). The molecule has 1 aliphatic carbocycles. The van der Waals surface area contributed by atoms with E-state index in [1.54, 1.807) is 0 Å². The second-order valence-electron chi connectivity index (χ2n) is 6.62. The van der Waals surface area contributed by atoms with Crippen molar-refractivity contribution in [2.75, 3.05) is 0 Å². The number of hydrogen-bond acceptors (Lipinski definition) is 4. The van der Waals surface area contributed by atoms with Crippen LogP contribution >= 0.6 is 27.5 Å². The fraction of sp³-hybridized carbons (Fsp3) is 0.333. The van der Waals surface area contributed by atoms with Crippen molar-refractivity contribution in [1.29, 1.82) is 0 Å². The molecule has 4 heterocycles. The molecular formula is C18H16BrClN6. The van der Waals surface area contributed by atoms with Gasteiger partial charge in [0.1, 0.15) is 21.3 Å². The van der Waals surface area contributed by atoms with Crippen molar-refractivity contribution >= 4 is 49.5 Å². The Kier molecular flexibility index (Phi) is 3.76. The first-order chi connectivity index (χ1) is 12.6. The molecule has 0 bridgehead atoms. The van der Waals surface area contributed by atoms with Gasteiger partial charge in [-0.05, 0) is 59.8 Å². The standard InChI is InChI=1S/C18H16BrClN6/c1-2-25-9-13-17(24-25)16(23-18(20)22-13)12-8-26(10-4-3-5-10)14-7-21-15(19)6-11(12)14/h6-10H,2-5H2,1H3. The maximum Gasteiger partial charge on any atom is 0.223 e. The minimum atomic E-state index is 0.237. The Bertz CT molecular complexity index is 1140. The third kappa shape index (κ3) is 2.45. The van der Waals surface area contributed by atoms with Crippen LogP contribution in [0.1, 0.15) is 32.2 Å². The van der Waals surface area contributed by atoms with Gasteiger partial charge in [-0.25, -0.2) is 15.0 Å². The Morgan fingerprint density at radius 3 is 2.85 bits per heavy atom. The fourth-order valence-electron chi connectivity index (χ4n) is 3.56. The van der Waals surface area contributed by atoms with E-state index in [4.69, 9.17) is 11.6 Å². The lowest BCUT2D eigenvalue weighted by atomic mass is 9.93. The molecule has 0 atom stereocenters. The van der Waals surface area contributed by atoms with Crippen LogP contribution in [0.25, 0.3) is 33.2 Å². The Morgan fingerprint density at radius 2 is 2.12 bits per heavy atom. The van der Waals surface area contributed by atoms with E-state index in [1.807, 2.05) is 30.1 Å². The first-order valence-corrected chi connectivity index (χ1v) is 9.88. The van der Waals surface area contributed by atoms with Crippen molar-refractivity contribution in [3.8, 4) is 11.3 Å². The number of pyridine rings is 1. The van der Waals surface area contributed by atoms with E-state index in [2.05, 4.69) is 46.7 Å². The predicted octanol–water partition coefficient (Wildman–Crippen LogP) is 5.00. The number of fused-ring (bicyclic) bond motifs is 2. The van der Waals surface area contributed by atoms with E-state index in [1.165, 1.54) is 19.3 Å². The van der Waals surface area contributed by atoms with E-state index in [9.17, 15) is 0 Å². The molecule has 1 fully saturated rings. The van der Waals surface area contributed by atoms with Crippen molar-refractivity contribution in [2.45, 2.75) is 38.8 Å². The maximum absolute atomic E-state index is 6.23. The zero-order chi connectivity index (χ0) is 17.8. The third-order valence-electron chi connectivity index (χ3n) is 5.12. The van der Waals surface area contributed by atoms with Crippen molar-refractivity contribution in [3.05, 3.63) is 34.5 Å². The summed E-state index contributed by atoms with van der Waals surface area (Å²) >= 11 is 9.73. The lowest BCUT2D eigenvalue weighted by Crippen LogP contribution is -2.15. The van der Waals surface area contributed by atoms with E-state index >= 15 is 0 Å². The van der Waals surface area contributed by atoms with Crippen molar-refractivity contribution < 1.29 is 0 Å². The maximum atomic E-state index is 6.23. The van der Waals surface area contributed by atoms with E-state index in [0.717, 1.165) is 44.3 Å². The number of aromatic nitrogens is 6. The lowest BCUT2D eigenvalue weighted by Gasteiger charge is -2.27. The monoisotopic (exact) mass is 430 g/mol. The van der Waals surface area contributed by atoms with Gasteiger partial charge in [-0.15, -0.1) is 0 Å². The van der Waals surface area contributed by atoms with Crippen LogP contribution in [0, 0.1) is 0 Å². The lowest BCUT2D eigenvalue weighted by molar-refractivity contribution is 0.321. The van der Waals surface area contributed by atoms with Crippen LogP contribution < -0.4 is 0 Å². The van der Waals surface area contributed by atoms with Gasteiger partial charge in [0.05, 0.1) is 17.9 Å². The predicted molar refractivity (Wildman–Crippen MR) is 105 cm³/mol. The molecule has 1 saturated carbocycles. The van der Waals surface area contributed by atoms with E-state index in [-0.39, 0.29) is 5.28 Å². The highest BCUT2D eigenvalue weighted by atomic mass is 79.9. The smallest absolute Gasteiger partial charge is 0.223 e. The Labute approximate surface area is 163 Å². The van der Waals surface area contributed by atoms with Crippen LogP contribution in [0.3, 0.4) is 0 Å². The summed E-state index contributed by atoms with van der Waals surface area (Å²) in [5.41, 5.74) is 4.45. The van der Waals surface area contributed by atoms with Crippen molar-refractivity contribution in [3.63, 3.8) is 0 Å². The topological polar surface area (TPSA) is 61.4 Å². The zero-order valence-corrected chi connectivity index (χ0v) is 16.5. The molecule has 132 valence electrons. The highest BCUT2D eigenvalue weighted by Crippen LogP contribution is 2.40. The summed E-state index contributed by atoms with van der Waals surface area (Å²) in [6.07, 6.45) is 9.67. The Hall–Kier alpha value is -1.99. The van der Waals surface area contributed by atoms with Crippen LogP contribution in [-0.2, 0) is 6.54 Å². The summed E-state index contributed by atoms with van der Waals surface area (Å²) in [5.74, 6) is 0. The highest BCUT2D eigenvalue weighted by molar-refractivity contribution is 9.10. The minimum absolute atomic E-state index is 0.237. The molecule has 6 nitrogen and oxygen atoms in total. The Morgan fingerprint density at radius 1 is 1.27 bits per heavy atom. The van der Waals surface area contributed by atoms with Gasteiger partial charge in [-0.1, -0.05) is 0 Å². The average molecular weight is 432 g/mol. The van der Waals surface area contributed by atoms with Gasteiger partial charge in [0.15, 0.2) is 0 Å². The molecule has 4 aromatic heterocycles. The van der Waals surface area contributed by atoms with E-state index in [0.29, 0.717) is 6.04 Å². The van der Waals surface area contributed by atoms with Gasteiger partial charge in [-0.3, -0.25) is 4.68 Å². The quantitative estimate of drug-likeness (QED) is 0.338. The summed E-state index contributed by atoms with van der Waals surface area (Å²) in [4.78, 5) is 13.3. The number of halogens is 2. The molecule has 0 radical (unpaired) electrons. The van der Waals surface area contributed by atoms with Crippen LogP contribution in [-0.4, -0.2) is 29.3 Å². The first kappa shape index (κ1) is 16.2. The molecule has 1 aliphatic rings. The summed E-state index contributed by atoms with van der Waals surface area (Å²) in [6, 6.07) is 2.56. The number of hydrogen-bond donors (Lipinski definition) is 0. The number of rotatable bonds is 3. The van der Waals surface area contributed by atoms with Crippen molar-refractivity contribution in [1.82, 2.24) is 29.3 Å². The summed E-state index contributed by atoms with van der Waals surface area (Å²) in [5, 5.41) is 6.00. The molecule has 0 amide bonds. The number of nitrogens with zero attached hydrogens (tertiary/aromatic N) is 6. The summed E-state index contributed by atoms with van der Waals surface area (Å²) in [7, 11) is 0. The molecule has 8 heteroatoms. The highest BCUT2D eigenvalue weighted by Gasteiger charge is 2.25. The number of aryl methyl sites for hydroxylation is 1. The van der Waals surface area contributed by atoms with Crippen molar-refractivity contribution in [2.24, 2.45) is 0 Å². The minimum Gasteiger partial charge on any atom is -0.342 e. The normalized spacial score (nSPS) is 15.0. The second kappa shape index (κ2) is 6.03. The molecule has 0 unspecified atom stereocenters. The van der Waals surface area contributed by atoms with Crippen LogP contribution in [0.15, 0.2) is 29.3 Å². The molecule has 0 saturated heterocycles. The van der Waals surface area contributed by atoms with Gasteiger partial charge >= 0.3 is 0 Å². The first-order valence-electron chi connectivity index (χ1n) is 8.71. The molecule has 4 aromatic rings. The second-order valence-corrected chi connectivity index (χ2v) is 7.77. The third-order valence-corrected chi connectivity index (χ3v) is 5.72. The molecule has 0 N–H and O–H groups in total. The zero-order valence-electron chi connectivity index (χ0n) is 14.2. The van der Waals surface area contributed by atoms with Crippen LogP contribution in [0.4, 0.5) is 0 Å². The van der Waals surface area contributed by atoms with Gasteiger partial charge in [0.25, 0.3) is 0 Å². The average Bonchev–Trinajstić information content (AvgIpc) is 3.14. The summed E-state index contributed by atoms with van der Waals surface area (Å²) < 4.78 is 4.99. The SMILES string of the molecule is CCn1cc2nc(Cl)nc(-c3cn(C4CCC4)c4cnc(Br)cc34)c2n1. The molecule has 0 aliphatic heterocycles. The largest absolute Gasteiger partial charge is 0.342 e. The Balaban J connectivity index is 1.83. The van der Waals surface area contributed by atoms with Gasteiger partial charge in [0, 0.05) is 29.7 Å². The fourth-order valence-corrected chi connectivity index (χ4v) is 4.07. The van der Waals surface area contributed by atoms with Gasteiger partial charge in [-0.2, -0.15) is 5.10 Å². The summed E-state index contributed by atoms with van der Waals surface area (Å²) in [6.45, 7) is 2.82. The molecular weight excluding hydrogens is 416 g/mol. The molecule has 26 heavy (non-hydrogen) atoms. The van der Waals surface area contributed by atoms with Crippen LogP contribution in [0.5, 0.6) is 0 Å². The van der Waals surface area contributed by atoms with Gasteiger partial charge in [0.2, 0.25) is 5.28 Å². The molecule has 0 aromatic carbocycles. The molecule has 0 spiro atoms. The van der Waals surface area contributed by atoms with E-state index < -0.39 is 0 Å².